The average molecular weight is 338 g/mol. The van der Waals surface area contributed by atoms with Gasteiger partial charge in [-0.1, -0.05) is 58.0 Å². The lowest BCUT2D eigenvalue weighted by atomic mass is 10.3. The Hall–Kier alpha value is -0.100. The van der Waals surface area contributed by atoms with Crippen LogP contribution in [-0.2, 0) is 4.79 Å². The van der Waals surface area contributed by atoms with Crippen molar-refractivity contribution in [3.05, 3.63) is 25.1 Å². The van der Waals surface area contributed by atoms with Crippen LogP contribution in [0.25, 0.3) is 0 Å². The number of nitrogens with one attached hydrogen (secondary N) is 1. The van der Waals surface area contributed by atoms with E-state index in [1.54, 1.807) is 0 Å². The SMILES string of the molecule is NNC(=O)COc1c(Cl)c(Cl)c(Cl)c(Cl)c1Cl. The van der Waals surface area contributed by atoms with Crippen LogP contribution in [0, 0.1) is 0 Å². The second kappa shape index (κ2) is 6.18. The van der Waals surface area contributed by atoms with Crippen LogP contribution in [0.1, 0.15) is 0 Å². The van der Waals surface area contributed by atoms with Gasteiger partial charge in [0.15, 0.2) is 12.4 Å². The minimum atomic E-state index is -0.570. The van der Waals surface area contributed by atoms with Crippen molar-refractivity contribution >= 4 is 63.9 Å². The van der Waals surface area contributed by atoms with Gasteiger partial charge in [0, 0.05) is 0 Å². The molecule has 4 nitrogen and oxygen atoms in total. The van der Waals surface area contributed by atoms with Gasteiger partial charge in [0.05, 0.1) is 15.1 Å². The third-order valence-electron chi connectivity index (χ3n) is 1.68. The van der Waals surface area contributed by atoms with Gasteiger partial charge in [-0.25, -0.2) is 5.84 Å². The van der Waals surface area contributed by atoms with Crippen molar-refractivity contribution in [2.45, 2.75) is 0 Å². The lowest BCUT2D eigenvalue weighted by Crippen LogP contribution is -2.34. The van der Waals surface area contributed by atoms with Gasteiger partial charge in [-0.15, -0.1) is 0 Å². The summed E-state index contributed by atoms with van der Waals surface area (Å²) in [6, 6.07) is 0. The molecule has 1 amide bonds. The molecule has 0 bridgehead atoms. The maximum Gasteiger partial charge on any atom is 0.271 e. The van der Waals surface area contributed by atoms with Crippen LogP contribution in [-0.4, -0.2) is 12.5 Å². The van der Waals surface area contributed by atoms with Crippen LogP contribution in [0.3, 0.4) is 0 Å². The van der Waals surface area contributed by atoms with Crippen molar-refractivity contribution in [3.63, 3.8) is 0 Å². The molecule has 0 saturated heterocycles. The first-order chi connectivity index (χ1) is 7.90. The van der Waals surface area contributed by atoms with Crippen molar-refractivity contribution in [2.24, 2.45) is 5.84 Å². The van der Waals surface area contributed by atoms with E-state index in [-0.39, 0.29) is 37.5 Å². The molecule has 0 spiro atoms. The molecule has 0 aliphatic carbocycles. The van der Waals surface area contributed by atoms with Gasteiger partial charge >= 0.3 is 0 Å². The van der Waals surface area contributed by atoms with E-state index >= 15 is 0 Å². The molecule has 94 valence electrons. The van der Waals surface area contributed by atoms with E-state index in [1.807, 2.05) is 5.43 Å². The molecule has 0 heterocycles. The summed E-state index contributed by atoms with van der Waals surface area (Å²) in [6.07, 6.45) is 0. The lowest BCUT2D eigenvalue weighted by Gasteiger charge is -2.12. The number of nitrogens with two attached hydrogens (primary N) is 1. The molecule has 1 aromatic rings. The first kappa shape index (κ1) is 15.0. The zero-order valence-electron chi connectivity index (χ0n) is 7.99. The molecular formula is C8H5Cl5N2O2. The minimum Gasteiger partial charge on any atom is -0.480 e. The number of carbonyl (C=O) groups is 1. The van der Waals surface area contributed by atoms with E-state index in [9.17, 15) is 4.79 Å². The molecule has 17 heavy (non-hydrogen) atoms. The molecule has 0 aliphatic heterocycles. The fourth-order valence-electron chi connectivity index (χ4n) is 0.891. The number of carbonyl (C=O) groups excluding carboxylic acids is 1. The summed E-state index contributed by atoms with van der Waals surface area (Å²) in [4.78, 5) is 10.9. The molecule has 0 radical (unpaired) electrons. The van der Waals surface area contributed by atoms with Gasteiger partial charge in [-0.05, 0) is 0 Å². The molecule has 0 atom stereocenters. The summed E-state index contributed by atoms with van der Waals surface area (Å²) in [5.74, 6) is 4.28. The highest BCUT2D eigenvalue weighted by Crippen LogP contribution is 2.48. The Morgan fingerprint density at radius 3 is 1.82 bits per heavy atom. The van der Waals surface area contributed by atoms with E-state index in [4.69, 9.17) is 68.6 Å². The molecule has 9 heteroatoms. The molecule has 0 aromatic heterocycles. The topological polar surface area (TPSA) is 64.3 Å². The average Bonchev–Trinajstić information content (AvgIpc) is 2.33. The van der Waals surface area contributed by atoms with Crippen molar-refractivity contribution in [2.75, 3.05) is 6.61 Å². The Labute approximate surface area is 122 Å². The molecule has 3 N–H and O–H groups in total. The van der Waals surface area contributed by atoms with E-state index in [1.165, 1.54) is 0 Å². The van der Waals surface area contributed by atoms with Crippen molar-refractivity contribution in [1.29, 1.82) is 0 Å². The molecule has 1 aromatic carbocycles. The van der Waals surface area contributed by atoms with Gasteiger partial charge in [0.1, 0.15) is 10.0 Å². The maximum absolute atomic E-state index is 10.9. The second-order valence-electron chi connectivity index (χ2n) is 2.76. The zero-order valence-corrected chi connectivity index (χ0v) is 11.8. The fraction of sp³-hybridized carbons (Fsp3) is 0.125. The van der Waals surface area contributed by atoms with Gasteiger partial charge in [0.2, 0.25) is 0 Å². The standard InChI is InChI=1S/C8H5Cl5N2O2/c9-3-4(10)6(12)8(7(13)5(3)11)17-1-2(16)15-14/h1,14H2,(H,15,16). The quantitative estimate of drug-likeness (QED) is 0.292. The Kier molecular flexibility index (Phi) is 5.44. The monoisotopic (exact) mass is 336 g/mol. The van der Waals surface area contributed by atoms with E-state index in [2.05, 4.69) is 0 Å². The van der Waals surface area contributed by atoms with Crippen molar-refractivity contribution < 1.29 is 9.53 Å². The number of hydrazine groups is 1. The predicted molar refractivity (Wildman–Crippen MR) is 69.3 cm³/mol. The summed E-state index contributed by atoms with van der Waals surface area (Å²) in [5, 5.41) is -0.0671. The number of halogens is 5. The molecule has 0 unspecified atom stereocenters. The van der Waals surface area contributed by atoms with Crippen LogP contribution >= 0.6 is 58.0 Å². The summed E-state index contributed by atoms with van der Waals surface area (Å²) < 4.78 is 5.05. The normalized spacial score (nSPS) is 10.2. The Balaban J connectivity index is 3.12. The largest absolute Gasteiger partial charge is 0.480 e. The number of rotatable bonds is 3. The van der Waals surface area contributed by atoms with Crippen molar-refractivity contribution in [1.82, 2.24) is 5.43 Å². The zero-order chi connectivity index (χ0) is 13.2. The number of ether oxygens (including phenoxy) is 1. The van der Waals surface area contributed by atoms with Crippen LogP contribution in [0.5, 0.6) is 5.75 Å². The molecule has 1 rings (SSSR count). The van der Waals surface area contributed by atoms with Crippen LogP contribution in [0.2, 0.25) is 25.1 Å². The number of hydrogen-bond acceptors (Lipinski definition) is 3. The van der Waals surface area contributed by atoms with Gasteiger partial charge in [-0.2, -0.15) is 0 Å². The molecule has 0 aliphatic rings. The summed E-state index contributed by atoms with van der Waals surface area (Å²) in [6.45, 7) is -0.385. The molecular weight excluding hydrogens is 333 g/mol. The summed E-state index contributed by atoms with van der Waals surface area (Å²) in [5.41, 5.74) is 1.87. The van der Waals surface area contributed by atoms with Gasteiger partial charge in [-0.3, -0.25) is 10.2 Å². The number of amides is 1. The molecule has 0 saturated carbocycles. The van der Waals surface area contributed by atoms with Crippen LogP contribution < -0.4 is 16.0 Å². The summed E-state index contributed by atoms with van der Waals surface area (Å²) in [7, 11) is 0. The van der Waals surface area contributed by atoms with Crippen molar-refractivity contribution in [3.8, 4) is 5.75 Å². The first-order valence-electron chi connectivity index (χ1n) is 4.03. The number of benzene rings is 1. The number of hydrogen-bond donors (Lipinski definition) is 2. The van der Waals surface area contributed by atoms with E-state index in [0.717, 1.165) is 0 Å². The van der Waals surface area contributed by atoms with Gasteiger partial charge in [0.25, 0.3) is 5.91 Å². The smallest absolute Gasteiger partial charge is 0.271 e. The van der Waals surface area contributed by atoms with E-state index in [0.29, 0.717) is 0 Å². The maximum atomic E-state index is 10.9. The predicted octanol–water partition coefficient (Wildman–Crippen LogP) is 3.32. The van der Waals surface area contributed by atoms with Crippen LogP contribution in [0.15, 0.2) is 0 Å². The highest BCUT2D eigenvalue weighted by Gasteiger charge is 2.20. The molecule has 0 fully saturated rings. The minimum absolute atomic E-state index is 0.00844. The highest BCUT2D eigenvalue weighted by atomic mass is 35.5. The fourth-order valence-corrected chi connectivity index (χ4v) is 2.12. The Bertz CT molecular complexity index is 437. The third kappa shape index (κ3) is 3.22. The summed E-state index contributed by atoms with van der Waals surface area (Å²) >= 11 is 29.1. The van der Waals surface area contributed by atoms with Crippen LogP contribution in [0.4, 0.5) is 0 Å². The Morgan fingerprint density at radius 2 is 1.41 bits per heavy atom. The van der Waals surface area contributed by atoms with Gasteiger partial charge < -0.3 is 4.74 Å². The van der Waals surface area contributed by atoms with E-state index < -0.39 is 5.91 Å². The first-order valence-corrected chi connectivity index (χ1v) is 5.92. The Morgan fingerprint density at radius 1 is 1.00 bits per heavy atom. The highest BCUT2D eigenvalue weighted by molar-refractivity contribution is 6.55. The second-order valence-corrected chi connectivity index (χ2v) is 4.65. The third-order valence-corrected chi connectivity index (χ3v) is 3.92. The lowest BCUT2D eigenvalue weighted by molar-refractivity contribution is -0.123.